The third-order valence-corrected chi connectivity index (χ3v) is 0.923. The quantitative estimate of drug-likeness (QED) is 0.498. The van der Waals surface area contributed by atoms with Gasteiger partial charge in [-0.15, -0.1) is 0 Å². The molecule has 0 spiro atoms. The summed E-state index contributed by atoms with van der Waals surface area (Å²) < 4.78 is 0. The molecule has 0 aliphatic carbocycles. The fraction of sp³-hybridized carbons (Fsp3) is 0.800. The van der Waals surface area contributed by atoms with E-state index in [-0.39, 0.29) is 5.92 Å². The predicted octanol–water partition coefficient (Wildman–Crippen LogP) is -0.302. The maximum absolute atomic E-state index is 10.1. The van der Waals surface area contributed by atoms with Crippen LogP contribution in [0.5, 0.6) is 0 Å². The van der Waals surface area contributed by atoms with Crippen molar-refractivity contribution in [3.8, 4) is 0 Å². The lowest BCUT2D eigenvalue weighted by Crippen LogP contribution is -2.25. The zero-order valence-corrected chi connectivity index (χ0v) is 5.09. The van der Waals surface area contributed by atoms with Gasteiger partial charge in [0, 0.05) is 0 Å². The van der Waals surface area contributed by atoms with Gasteiger partial charge in [-0.25, -0.2) is 0 Å². The molecule has 0 unspecified atom stereocenters. The van der Waals surface area contributed by atoms with E-state index >= 15 is 0 Å². The topological polar surface area (TPSA) is 37.3 Å². The van der Waals surface area contributed by atoms with Crippen LogP contribution in [0.3, 0.4) is 0 Å². The lowest BCUT2D eigenvalue weighted by Gasteiger charge is -2.09. The van der Waals surface area contributed by atoms with Crippen LogP contribution in [0.25, 0.3) is 0 Å². The van der Waals surface area contributed by atoms with E-state index in [1.807, 2.05) is 0 Å². The molecule has 0 aromatic carbocycles. The first kappa shape index (κ1) is 7.69. The summed E-state index contributed by atoms with van der Waals surface area (Å²) in [5, 5.41) is 8.73. The normalized spacial score (nSPS) is 14.0. The Morgan fingerprint density at radius 2 is 2.00 bits per heavy atom. The van der Waals surface area contributed by atoms with Crippen LogP contribution in [0, 0.1) is 5.92 Å². The SMILES string of the molecule is [B]C(=O)[C@@H](O)C(C)C. The average Bonchev–Trinajstić information content (AvgIpc) is 1.64. The number of hydrogen-bond acceptors (Lipinski definition) is 2. The van der Waals surface area contributed by atoms with E-state index in [0.717, 1.165) is 0 Å². The Morgan fingerprint density at radius 3 is 2.00 bits per heavy atom. The standard InChI is InChI=1S/C5H9BO2/c1-3(2)4(7)5(6)8/h3-4,7H,1-2H3/t4-/m0/s1. The van der Waals surface area contributed by atoms with Gasteiger partial charge < -0.3 is 9.90 Å². The van der Waals surface area contributed by atoms with E-state index in [0.29, 0.717) is 0 Å². The van der Waals surface area contributed by atoms with Crippen molar-refractivity contribution in [2.24, 2.45) is 5.92 Å². The fourth-order valence-corrected chi connectivity index (χ4v) is 0.329. The highest BCUT2D eigenvalue weighted by Crippen LogP contribution is 1.98. The molecule has 2 nitrogen and oxygen atoms in total. The maximum Gasteiger partial charge on any atom is 0.171 e. The van der Waals surface area contributed by atoms with E-state index in [2.05, 4.69) is 0 Å². The molecule has 0 saturated carbocycles. The number of rotatable bonds is 2. The monoisotopic (exact) mass is 112 g/mol. The molecule has 0 rings (SSSR count). The van der Waals surface area contributed by atoms with E-state index < -0.39 is 11.8 Å². The van der Waals surface area contributed by atoms with Crippen molar-refractivity contribution in [3.63, 3.8) is 0 Å². The van der Waals surface area contributed by atoms with Gasteiger partial charge in [-0.1, -0.05) is 13.8 Å². The molecule has 0 aliphatic heterocycles. The van der Waals surface area contributed by atoms with Gasteiger partial charge in [0.2, 0.25) is 0 Å². The molecule has 2 radical (unpaired) electrons. The van der Waals surface area contributed by atoms with Gasteiger partial charge in [0.1, 0.15) is 11.8 Å². The number of hydrogen-bond donors (Lipinski definition) is 1. The first-order valence-electron chi connectivity index (χ1n) is 2.53. The molecule has 1 atom stereocenters. The minimum absolute atomic E-state index is 0.0764. The molecule has 44 valence electrons. The molecule has 0 bridgehead atoms. The van der Waals surface area contributed by atoms with Gasteiger partial charge in [-0.05, 0) is 5.92 Å². The third kappa shape index (κ3) is 2.12. The summed E-state index contributed by atoms with van der Waals surface area (Å²) in [6.45, 7) is 3.46. The molecule has 0 aliphatic rings. The maximum atomic E-state index is 10.1. The zero-order valence-electron chi connectivity index (χ0n) is 5.09. The minimum atomic E-state index is -0.991. The first-order valence-corrected chi connectivity index (χ1v) is 2.53. The molecule has 1 N–H and O–H groups in total. The lowest BCUT2D eigenvalue weighted by molar-refractivity contribution is -0.120. The largest absolute Gasteiger partial charge is 0.386 e. The summed E-state index contributed by atoms with van der Waals surface area (Å²) in [5.41, 5.74) is -0.653. The summed E-state index contributed by atoms with van der Waals surface area (Å²) in [6.07, 6.45) is -0.991. The van der Waals surface area contributed by atoms with Crippen LogP contribution in [0.2, 0.25) is 0 Å². The Kier molecular flexibility index (Phi) is 2.76. The van der Waals surface area contributed by atoms with Crippen molar-refractivity contribution < 1.29 is 9.90 Å². The Balaban J connectivity index is 3.64. The van der Waals surface area contributed by atoms with Crippen molar-refractivity contribution in [2.75, 3.05) is 0 Å². The highest BCUT2D eigenvalue weighted by molar-refractivity contribution is 6.58. The smallest absolute Gasteiger partial charge is 0.171 e. The fourth-order valence-electron chi connectivity index (χ4n) is 0.329. The van der Waals surface area contributed by atoms with Gasteiger partial charge in [0.15, 0.2) is 7.85 Å². The summed E-state index contributed by atoms with van der Waals surface area (Å²) in [6, 6.07) is 0. The molecule has 0 aromatic rings. The number of aliphatic hydroxyl groups excluding tert-OH is 1. The van der Waals surface area contributed by atoms with Gasteiger partial charge in [-0.3, -0.25) is 0 Å². The van der Waals surface area contributed by atoms with Crippen LogP contribution >= 0.6 is 0 Å². The summed E-state index contributed by atoms with van der Waals surface area (Å²) in [7, 11) is 4.75. The summed E-state index contributed by atoms with van der Waals surface area (Å²) in [5.74, 6) is -0.0764. The second-order valence-corrected chi connectivity index (χ2v) is 2.09. The summed E-state index contributed by atoms with van der Waals surface area (Å²) >= 11 is 0. The highest BCUT2D eigenvalue weighted by atomic mass is 16.3. The second-order valence-electron chi connectivity index (χ2n) is 2.09. The van der Waals surface area contributed by atoms with Gasteiger partial charge in [0.25, 0.3) is 0 Å². The molecule has 0 fully saturated rings. The zero-order chi connectivity index (χ0) is 6.73. The molecule has 0 heterocycles. The Morgan fingerprint density at radius 1 is 1.62 bits per heavy atom. The van der Waals surface area contributed by atoms with Crippen molar-refractivity contribution >= 4 is 13.5 Å². The van der Waals surface area contributed by atoms with E-state index in [4.69, 9.17) is 13.0 Å². The molecular weight excluding hydrogens is 103 g/mol. The number of carbonyl (C=O) groups is 1. The Bertz CT molecular complexity index is 90.4. The van der Waals surface area contributed by atoms with Crippen LogP contribution in [-0.2, 0) is 4.79 Å². The molecule has 0 saturated heterocycles. The molecule has 0 aromatic heterocycles. The van der Waals surface area contributed by atoms with Crippen LogP contribution in [-0.4, -0.2) is 24.7 Å². The van der Waals surface area contributed by atoms with E-state index in [1.165, 1.54) is 0 Å². The van der Waals surface area contributed by atoms with Crippen LogP contribution in [0.4, 0.5) is 0 Å². The van der Waals surface area contributed by atoms with E-state index in [9.17, 15) is 4.79 Å². The van der Waals surface area contributed by atoms with Crippen molar-refractivity contribution in [1.29, 1.82) is 0 Å². The highest BCUT2D eigenvalue weighted by Gasteiger charge is 2.11. The van der Waals surface area contributed by atoms with Crippen LogP contribution in [0.15, 0.2) is 0 Å². The predicted molar refractivity (Wildman–Crippen MR) is 31.6 cm³/mol. The van der Waals surface area contributed by atoms with Crippen LogP contribution in [0.1, 0.15) is 13.8 Å². The van der Waals surface area contributed by atoms with E-state index in [1.54, 1.807) is 13.8 Å². The van der Waals surface area contributed by atoms with Crippen molar-refractivity contribution in [3.05, 3.63) is 0 Å². The van der Waals surface area contributed by atoms with Gasteiger partial charge >= 0.3 is 0 Å². The molecular formula is C5H9BO2. The molecule has 8 heavy (non-hydrogen) atoms. The van der Waals surface area contributed by atoms with Crippen LogP contribution < -0.4 is 0 Å². The van der Waals surface area contributed by atoms with Gasteiger partial charge in [0.05, 0.1) is 0 Å². The lowest BCUT2D eigenvalue weighted by atomic mass is 9.90. The van der Waals surface area contributed by atoms with Crippen molar-refractivity contribution in [1.82, 2.24) is 0 Å². The molecule has 0 amide bonds. The molecule has 3 heteroatoms. The number of aliphatic hydroxyl groups is 1. The van der Waals surface area contributed by atoms with Gasteiger partial charge in [-0.2, -0.15) is 0 Å². The Labute approximate surface area is 50.3 Å². The first-order chi connectivity index (χ1) is 3.55. The summed E-state index contributed by atoms with van der Waals surface area (Å²) in [4.78, 5) is 10.1. The minimum Gasteiger partial charge on any atom is -0.386 e. The number of carbonyl (C=O) groups excluding carboxylic acids is 1. The third-order valence-electron chi connectivity index (χ3n) is 0.923. The van der Waals surface area contributed by atoms with Crippen molar-refractivity contribution in [2.45, 2.75) is 20.0 Å². The average molecular weight is 112 g/mol. The Hall–Kier alpha value is -0.305. The second kappa shape index (κ2) is 2.87.